The van der Waals surface area contributed by atoms with Crippen LogP contribution in [0.25, 0.3) is 0 Å². The average molecular weight is 175 g/mol. The quantitative estimate of drug-likeness (QED) is 0.501. The fraction of sp³-hybridized carbons (Fsp3) is 0.571. The molecular formula is C7H13NO2S. The molecule has 0 bridgehead atoms. The molecule has 0 rings (SSSR count). The van der Waals surface area contributed by atoms with Crippen LogP contribution in [0.2, 0.25) is 0 Å². The van der Waals surface area contributed by atoms with Crippen molar-refractivity contribution in [1.82, 2.24) is 5.32 Å². The summed E-state index contributed by atoms with van der Waals surface area (Å²) in [5, 5.41) is 11.6. The highest BCUT2D eigenvalue weighted by Gasteiger charge is 2.09. The van der Waals surface area contributed by atoms with Gasteiger partial charge >= 0.3 is 0 Å². The fourth-order valence-corrected chi connectivity index (χ4v) is 1.20. The van der Waals surface area contributed by atoms with Gasteiger partial charge in [0.05, 0.1) is 0 Å². The number of nitrogens with one attached hydrogen (secondary N) is 1. The molecule has 0 spiro atoms. The number of allylic oxidation sites excluding steroid dienone is 1. The molecule has 0 aromatic heterocycles. The number of rotatable bonds is 3. The Labute approximate surface area is 70.9 Å². The summed E-state index contributed by atoms with van der Waals surface area (Å²) < 4.78 is 0. The molecule has 64 valence electrons. The zero-order valence-electron chi connectivity index (χ0n) is 6.97. The summed E-state index contributed by atoms with van der Waals surface area (Å²) >= 11 is 1.24. The summed E-state index contributed by atoms with van der Waals surface area (Å²) in [7, 11) is 0. The van der Waals surface area contributed by atoms with Gasteiger partial charge in [-0.15, -0.1) is 11.8 Å². The number of thioether (sulfide) groups is 1. The van der Waals surface area contributed by atoms with Gasteiger partial charge in [0.1, 0.15) is 10.7 Å². The second-order valence-electron chi connectivity index (χ2n) is 1.98. The highest BCUT2D eigenvalue weighted by molar-refractivity contribution is 8.03. The Morgan fingerprint density at radius 3 is 2.45 bits per heavy atom. The average Bonchev–Trinajstić information content (AvgIpc) is 1.88. The Balaban J connectivity index is 4.28. The van der Waals surface area contributed by atoms with E-state index in [-0.39, 0.29) is 11.7 Å². The van der Waals surface area contributed by atoms with Crippen molar-refractivity contribution in [3.05, 3.63) is 10.7 Å². The van der Waals surface area contributed by atoms with Crippen molar-refractivity contribution < 1.29 is 9.90 Å². The SMILES string of the molecule is CCNC(=O)/C(SC)=C(/C)O. The number of hydrogen-bond donors (Lipinski definition) is 2. The van der Waals surface area contributed by atoms with Crippen LogP contribution >= 0.6 is 11.8 Å². The minimum atomic E-state index is -0.208. The summed E-state index contributed by atoms with van der Waals surface area (Å²) in [5.74, 6) is -0.136. The first-order valence-corrected chi connectivity index (χ1v) is 4.58. The van der Waals surface area contributed by atoms with E-state index in [0.717, 1.165) is 0 Å². The van der Waals surface area contributed by atoms with Gasteiger partial charge in [0.15, 0.2) is 0 Å². The number of aliphatic hydroxyl groups is 1. The molecule has 0 radical (unpaired) electrons. The zero-order valence-corrected chi connectivity index (χ0v) is 7.79. The fourth-order valence-electron chi connectivity index (χ4n) is 0.646. The normalized spacial score (nSPS) is 12.3. The van der Waals surface area contributed by atoms with Gasteiger partial charge in [-0.3, -0.25) is 4.79 Å². The van der Waals surface area contributed by atoms with Crippen molar-refractivity contribution >= 4 is 17.7 Å². The van der Waals surface area contributed by atoms with Crippen LogP contribution in [-0.4, -0.2) is 23.8 Å². The molecule has 0 fully saturated rings. The molecule has 0 aromatic rings. The maximum absolute atomic E-state index is 11.1. The maximum atomic E-state index is 11.1. The molecule has 0 heterocycles. The standard InChI is InChI=1S/C7H13NO2S/c1-4-8-7(10)6(11-3)5(2)9/h9H,4H2,1-3H3,(H,8,10)/b6-5+. The second-order valence-corrected chi connectivity index (χ2v) is 2.79. The zero-order chi connectivity index (χ0) is 8.85. The number of carbonyl (C=O) groups excluding carboxylic acids is 1. The summed E-state index contributed by atoms with van der Waals surface area (Å²) in [6, 6.07) is 0. The number of amides is 1. The largest absolute Gasteiger partial charge is 0.511 e. The number of hydrogen-bond acceptors (Lipinski definition) is 3. The van der Waals surface area contributed by atoms with Crippen LogP contribution in [0.15, 0.2) is 10.7 Å². The first kappa shape index (κ1) is 10.4. The van der Waals surface area contributed by atoms with Gasteiger partial charge in [-0.05, 0) is 20.1 Å². The van der Waals surface area contributed by atoms with Crippen molar-refractivity contribution in [1.29, 1.82) is 0 Å². The monoisotopic (exact) mass is 175 g/mol. The Bertz CT molecular complexity index is 173. The van der Waals surface area contributed by atoms with Crippen LogP contribution in [0.1, 0.15) is 13.8 Å². The van der Waals surface area contributed by atoms with Gasteiger partial charge in [0, 0.05) is 6.54 Å². The molecule has 0 aliphatic rings. The van der Waals surface area contributed by atoms with Crippen LogP contribution in [-0.2, 0) is 4.79 Å². The van der Waals surface area contributed by atoms with E-state index in [1.165, 1.54) is 18.7 Å². The van der Waals surface area contributed by atoms with Gasteiger partial charge in [-0.2, -0.15) is 0 Å². The topological polar surface area (TPSA) is 49.3 Å². The van der Waals surface area contributed by atoms with Gasteiger partial charge in [-0.1, -0.05) is 0 Å². The smallest absolute Gasteiger partial charge is 0.261 e. The van der Waals surface area contributed by atoms with E-state index in [4.69, 9.17) is 5.11 Å². The molecule has 0 aliphatic heterocycles. The third-order valence-corrected chi connectivity index (χ3v) is 1.97. The third kappa shape index (κ3) is 3.32. The van der Waals surface area contributed by atoms with E-state index in [9.17, 15) is 4.79 Å². The molecule has 0 saturated carbocycles. The molecule has 0 unspecified atom stereocenters. The molecule has 0 saturated heterocycles. The molecule has 2 N–H and O–H groups in total. The van der Waals surface area contributed by atoms with Gasteiger partial charge in [0.25, 0.3) is 5.91 Å². The Morgan fingerprint density at radius 1 is 1.64 bits per heavy atom. The van der Waals surface area contributed by atoms with Crippen LogP contribution in [0.4, 0.5) is 0 Å². The third-order valence-electron chi connectivity index (χ3n) is 1.08. The van der Waals surface area contributed by atoms with E-state index in [0.29, 0.717) is 11.4 Å². The van der Waals surface area contributed by atoms with Gasteiger partial charge in [-0.25, -0.2) is 0 Å². The lowest BCUT2D eigenvalue weighted by Crippen LogP contribution is -2.23. The number of carbonyl (C=O) groups is 1. The van der Waals surface area contributed by atoms with E-state index in [2.05, 4.69) is 5.32 Å². The van der Waals surface area contributed by atoms with Crippen molar-refractivity contribution in [3.63, 3.8) is 0 Å². The lowest BCUT2D eigenvalue weighted by atomic mass is 10.4. The summed E-state index contributed by atoms with van der Waals surface area (Å²) in [6.45, 7) is 3.92. The van der Waals surface area contributed by atoms with E-state index < -0.39 is 0 Å². The minimum Gasteiger partial charge on any atom is -0.511 e. The Hall–Kier alpha value is -0.640. The van der Waals surface area contributed by atoms with Crippen LogP contribution in [0.3, 0.4) is 0 Å². The van der Waals surface area contributed by atoms with Crippen molar-refractivity contribution in [3.8, 4) is 0 Å². The Morgan fingerprint density at radius 2 is 2.18 bits per heavy atom. The number of likely N-dealkylation sites (N-methyl/N-ethyl adjacent to an activating group) is 1. The second kappa shape index (κ2) is 5.07. The molecule has 3 nitrogen and oxygen atoms in total. The molecule has 11 heavy (non-hydrogen) atoms. The predicted octanol–water partition coefficient (Wildman–Crippen LogP) is 1.28. The predicted molar refractivity (Wildman–Crippen MR) is 47.5 cm³/mol. The summed E-state index contributed by atoms with van der Waals surface area (Å²) in [6.07, 6.45) is 1.75. The van der Waals surface area contributed by atoms with Crippen molar-refractivity contribution in [2.24, 2.45) is 0 Å². The lowest BCUT2D eigenvalue weighted by molar-refractivity contribution is -0.116. The first-order valence-electron chi connectivity index (χ1n) is 3.35. The molecule has 0 aromatic carbocycles. The molecule has 4 heteroatoms. The van der Waals surface area contributed by atoms with E-state index >= 15 is 0 Å². The first-order chi connectivity index (χ1) is 5.13. The van der Waals surface area contributed by atoms with Gasteiger partial charge in [0.2, 0.25) is 0 Å². The highest BCUT2D eigenvalue weighted by atomic mass is 32.2. The van der Waals surface area contributed by atoms with Crippen molar-refractivity contribution in [2.45, 2.75) is 13.8 Å². The Kier molecular flexibility index (Phi) is 4.77. The summed E-state index contributed by atoms with van der Waals surface area (Å²) in [5.41, 5.74) is 0. The molecule has 1 amide bonds. The summed E-state index contributed by atoms with van der Waals surface area (Å²) in [4.78, 5) is 11.4. The van der Waals surface area contributed by atoms with E-state index in [1.807, 2.05) is 6.92 Å². The molecular weight excluding hydrogens is 162 g/mol. The van der Waals surface area contributed by atoms with Gasteiger partial charge < -0.3 is 10.4 Å². The highest BCUT2D eigenvalue weighted by Crippen LogP contribution is 2.14. The number of aliphatic hydroxyl groups excluding tert-OH is 1. The molecule has 0 aliphatic carbocycles. The van der Waals surface area contributed by atoms with E-state index in [1.54, 1.807) is 6.26 Å². The minimum absolute atomic E-state index is 0.0726. The molecule has 0 atom stereocenters. The van der Waals surface area contributed by atoms with Crippen LogP contribution in [0, 0.1) is 0 Å². The van der Waals surface area contributed by atoms with Crippen LogP contribution in [0.5, 0.6) is 0 Å². The maximum Gasteiger partial charge on any atom is 0.261 e. The van der Waals surface area contributed by atoms with Crippen molar-refractivity contribution in [2.75, 3.05) is 12.8 Å². The van der Waals surface area contributed by atoms with Crippen LogP contribution < -0.4 is 5.32 Å². The lowest BCUT2D eigenvalue weighted by Gasteiger charge is -2.04.